The van der Waals surface area contributed by atoms with E-state index in [2.05, 4.69) is 10.6 Å². The third-order valence-corrected chi connectivity index (χ3v) is 4.04. The van der Waals surface area contributed by atoms with E-state index in [4.69, 9.17) is 4.42 Å². The third kappa shape index (κ3) is 5.83. The molecule has 1 heterocycles. The molecule has 25 heavy (non-hydrogen) atoms. The Morgan fingerprint density at radius 2 is 1.92 bits per heavy atom. The lowest BCUT2D eigenvalue weighted by Crippen LogP contribution is -2.46. The number of carbonyl (C=O) groups is 1. The molecule has 0 aliphatic rings. The zero-order valence-electron chi connectivity index (χ0n) is 14.9. The minimum Gasteiger partial charge on any atom is -0.508 e. The van der Waals surface area contributed by atoms with Crippen LogP contribution < -0.4 is 10.6 Å². The van der Waals surface area contributed by atoms with Gasteiger partial charge in [-0.3, -0.25) is 0 Å². The molecule has 4 N–H and O–H groups in total. The summed E-state index contributed by atoms with van der Waals surface area (Å²) in [6.07, 6.45) is 1.57. The highest BCUT2D eigenvalue weighted by molar-refractivity contribution is 5.74. The second-order valence-corrected chi connectivity index (χ2v) is 6.62. The summed E-state index contributed by atoms with van der Waals surface area (Å²) in [6, 6.07) is 10.2. The van der Waals surface area contributed by atoms with Crippen molar-refractivity contribution in [1.82, 2.24) is 10.6 Å². The van der Waals surface area contributed by atoms with Gasteiger partial charge in [-0.25, -0.2) is 4.79 Å². The first-order valence-electron chi connectivity index (χ1n) is 8.38. The molecule has 6 nitrogen and oxygen atoms in total. The molecule has 136 valence electrons. The van der Waals surface area contributed by atoms with E-state index in [0.717, 1.165) is 18.4 Å². The van der Waals surface area contributed by atoms with Gasteiger partial charge in [0.2, 0.25) is 0 Å². The third-order valence-electron chi connectivity index (χ3n) is 4.04. The molecule has 0 spiro atoms. The predicted octanol–water partition coefficient (Wildman–Crippen LogP) is 2.82. The number of carbonyl (C=O) groups excluding carboxylic acids is 1. The smallest absolute Gasteiger partial charge is 0.315 e. The molecule has 2 unspecified atom stereocenters. The van der Waals surface area contributed by atoms with Crippen molar-refractivity contribution in [2.45, 2.75) is 45.3 Å². The molecule has 1 aromatic carbocycles. The lowest BCUT2D eigenvalue weighted by atomic mass is 10.0. The Kier molecular flexibility index (Phi) is 6.09. The Balaban J connectivity index is 1.74. The van der Waals surface area contributed by atoms with Gasteiger partial charge in [0.05, 0.1) is 6.54 Å². The maximum absolute atomic E-state index is 12.0. The van der Waals surface area contributed by atoms with Crippen LogP contribution in [-0.4, -0.2) is 28.8 Å². The van der Waals surface area contributed by atoms with E-state index in [1.54, 1.807) is 38.1 Å². The Bertz CT molecular complexity index is 692. The summed E-state index contributed by atoms with van der Waals surface area (Å²) in [7, 11) is 0. The molecule has 0 fully saturated rings. The molecule has 0 saturated heterocycles. The highest BCUT2D eigenvalue weighted by Gasteiger charge is 2.27. The molecule has 1 aromatic heterocycles. The zero-order valence-corrected chi connectivity index (χ0v) is 14.9. The fraction of sp³-hybridized carbons (Fsp3) is 0.421. The number of aliphatic hydroxyl groups is 1. The van der Waals surface area contributed by atoms with Crippen molar-refractivity contribution < 1.29 is 19.4 Å². The Labute approximate surface area is 147 Å². The van der Waals surface area contributed by atoms with E-state index < -0.39 is 5.60 Å². The number of aromatic hydroxyl groups is 1. The van der Waals surface area contributed by atoms with Crippen LogP contribution in [0, 0.1) is 6.92 Å². The van der Waals surface area contributed by atoms with E-state index in [0.29, 0.717) is 11.5 Å². The van der Waals surface area contributed by atoms with Crippen LogP contribution in [0.2, 0.25) is 0 Å². The van der Waals surface area contributed by atoms with Crippen LogP contribution >= 0.6 is 0 Å². The van der Waals surface area contributed by atoms with Gasteiger partial charge in [0, 0.05) is 6.04 Å². The molecule has 2 rings (SSSR count). The second-order valence-electron chi connectivity index (χ2n) is 6.62. The highest BCUT2D eigenvalue weighted by atomic mass is 16.4. The molecule has 2 amide bonds. The van der Waals surface area contributed by atoms with E-state index >= 15 is 0 Å². The molecule has 0 bridgehead atoms. The van der Waals surface area contributed by atoms with Gasteiger partial charge in [-0.15, -0.1) is 0 Å². The minimum absolute atomic E-state index is 0.0235. The molecular formula is C19H26N2O4. The standard InChI is InChI=1S/C19H26N2O4/c1-13(4-6-15-7-9-16(22)10-8-15)21-18(23)20-12-19(3,24)17-11-5-14(2)25-17/h5,7-11,13,22,24H,4,6,12H2,1-3H3,(H2,20,21,23). The van der Waals surface area contributed by atoms with Crippen molar-refractivity contribution in [3.8, 4) is 5.75 Å². The molecule has 0 aliphatic carbocycles. The molecule has 2 aromatic rings. The summed E-state index contributed by atoms with van der Waals surface area (Å²) in [5.74, 6) is 1.38. The minimum atomic E-state index is -1.26. The molecular weight excluding hydrogens is 320 g/mol. The van der Waals surface area contributed by atoms with Gasteiger partial charge < -0.3 is 25.3 Å². The summed E-state index contributed by atoms with van der Waals surface area (Å²) in [5, 5.41) is 25.2. The fourth-order valence-electron chi connectivity index (χ4n) is 2.46. The number of amides is 2. The molecule has 6 heteroatoms. The Morgan fingerprint density at radius 3 is 2.52 bits per heavy atom. The summed E-state index contributed by atoms with van der Waals surface area (Å²) < 4.78 is 5.42. The number of phenols is 1. The van der Waals surface area contributed by atoms with Gasteiger partial charge in [-0.2, -0.15) is 0 Å². The number of hydrogen-bond donors (Lipinski definition) is 4. The number of aryl methyl sites for hydroxylation is 2. The lowest BCUT2D eigenvalue weighted by Gasteiger charge is -2.22. The normalized spacial score (nSPS) is 14.6. The van der Waals surface area contributed by atoms with Gasteiger partial charge in [-0.05, 0) is 63.4 Å². The first-order chi connectivity index (χ1) is 11.8. The van der Waals surface area contributed by atoms with Crippen LogP contribution in [-0.2, 0) is 12.0 Å². The predicted molar refractivity (Wildman–Crippen MR) is 95.4 cm³/mol. The van der Waals surface area contributed by atoms with E-state index in [1.807, 2.05) is 19.1 Å². The quantitative estimate of drug-likeness (QED) is 0.620. The SMILES string of the molecule is Cc1ccc(C(C)(O)CNC(=O)NC(C)CCc2ccc(O)cc2)o1. The lowest BCUT2D eigenvalue weighted by molar-refractivity contribution is 0.0359. The summed E-state index contributed by atoms with van der Waals surface area (Å²) in [6.45, 7) is 5.37. The van der Waals surface area contributed by atoms with Crippen molar-refractivity contribution in [2.75, 3.05) is 6.54 Å². The Morgan fingerprint density at radius 1 is 1.24 bits per heavy atom. The van der Waals surface area contributed by atoms with Crippen molar-refractivity contribution >= 4 is 6.03 Å². The number of benzene rings is 1. The van der Waals surface area contributed by atoms with Crippen LogP contribution in [0.15, 0.2) is 40.8 Å². The van der Waals surface area contributed by atoms with Gasteiger partial charge in [-0.1, -0.05) is 12.1 Å². The van der Waals surface area contributed by atoms with Gasteiger partial charge in [0.25, 0.3) is 0 Å². The first-order valence-corrected chi connectivity index (χ1v) is 8.38. The van der Waals surface area contributed by atoms with E-state index in [1.165, 1.54) is 0 Å². The Hall–Kier alpha value is -2.47. The summed E-state index contributed by atoms with van der Waals surface area (Å²) in [5.41, 5.74) is -0.163. The average Bonchev–Trinajstić information content (AvgIpc) is 3.00. The number of hydrogen-bond acceptors (Lipinski definition) is 4. The van der Waals surface area contributed by atoms with E-state index in [9.17, 15) is 15.0 Å². The number of phenolic OH excluding ortho intramolecular Hbond substituents is 1. The molecule has 0 radical (unpaired) electrons. The topological polar surface area (TPSA) is 94.7 Å². The molecule has 2 atom stereocenters. The zero-order chi connectivity index (χ0) is 18.4. The van der Waals surface area contributed by atoms with E-state index in [-0.39, 0.29) is 24.4 Å². The highest BCUT2D eigenvalue weighted by Crippen LogP contribution is 2.21. The van der Waals surface area contributed by atoms with Crippen molar-refractivity contribution in [2.24, 2.45) is 0 Å². The van der Waals surface area contributed by atoms with Gasteiger partial charge >= 0.3 is 6.03 Å². The fourth-order valence-corrected chi connectivity index (χ4v) is 2.46. The van der Waals surface area contributed by atoms with Gasteiger partial charge in [0.1, 0.15) is 22.9 Å². The number of urea groups is 1. The second kappa shape index (κ2) is 8.07. The molecule has 0 saturated carbocycles. The van der Waals surface area contributed by atoms with Crippen LogP contribution in [0.3, 0.4) is 0 Å². The maximum atomic E-state index is 12.0. The van der Waals surface area contributed by atoms with Gasteiger partial charge in [0.15, 0.2) is 0 Å². The number of furan rings is 1. The number of nitrogens with one attached hydrogen (secondary N) is 2. The average molecular weight is 346 g/mol. The maximum Gasteiger partial charge on any atom is 0.315 e. The van der Waals surface area contributed by atoms with Crippen LogP contribution in [0.1, 0.15) is 37.4 Å². The van der Waals surface area contributed by atoms with Crippen LogP contribution in [0.5, 0.6) is 5.75 Å². The van der Waals surface area contributed by atoms with Crippen molar-refractivity contribution in [3.63, 3.8) is 0 Å². The number of rotatable bonds is 7. The van der Waals surface area contributed by atoms with Crippen LogP contribution in [0.4, 0.5) is 4.79 Å². The summed E-state index contributed by atoms with van der Waals surface area (Å²) >= 11 is 0. The summed E-state index contributed by atoms with van der Waals surface area (Å²) in [4.78, 5) is 12.0. The first kappa shape index (κ1) is 18.9. The molecule has 0 aliphatic heterocycles. The largest absolute Gasteiger partial charge is 0.508 e. The van der Waals surface area contributed by atoms with Crippen LogP contribution in [0.25, 0.3) is 0 Å². The monoisotopic (exact) mass is 346 g/mol. The van der Waals surface area contributed by atoms with Crippen molar-refractivity contribution in [3.05, 3.63) is 53.5 Å². The van der Waals surface area contributed by atoms with Crippen molar-refractivity contribution in [1.29, 1.82) is 0 Å².